The van der Waals surface area contributed by atoms with E-state index in [-0.39, 0.29) is 21.9 Å². The first-order valence-corrected chi connectivity index (χ1v) is 5.74. The summed E-state index contributed by atoms with van der Waals surface area (Å²) in [6.45, 7) is 0. The van der Waals surface area contributed by atoms with Gasteiger partial charge in [0.25, 0.3) is 0 Å². The van der Waals surface area contributed by atoms with E-state index in [9.17, 15) is 13.6 Å². The zero-order valence-corrected chi connectivity index (χ0v) is 10.7. The average Bonchev–Trinajstić information content (AvgIpc) is 2.38. The van der Waals surface area contributed by atoms with Gasteiger partial charge in [-0.25, -0.2) is 8.78 Å². The number of halogens is 3. The van der Waals surface area contributed by atoms with Gasteiger partial charge in [-0.2, -0.15) is 0 Å². The van der Waals surface area contributed by atoms with Gasteiger partial charge in [0.2, 0.25) is 0 Å². The van der Waals surface area contributed by atoms with Crippen LogP contribution in [0.2, 0.25) is 5.02 Å². The fourth-order valence-corrected chi connectivity index (χ4v) is 1.84. The summed E-state index contributed by atoms with van der Waals surface area (Å²) < 4.78 is 31.9. The standard InChI is InChI=1S/C14H9ClF2O2/c1-19-13-5-3-9(16)7-11(13)14(18)10-4-2-8(15)6-12(10)17/h2-7H,1H3. The molecule has 0 fully saturated rings. The second kappa shape index (κ2) is 5.36. The first-order chi connectivity index (χ1) is 9.02. The maximum Gasteiger partial charge on any atom is 0.199 e. The van der Waals surface area contributed by atoms with Gasteiger partial charge in [-0.15, -0.1) is 0 Å². The first-order valence-electron chi connectivity index (χ1n) is 5.36. The fourth-order valence-electron chi connectivity index (χ4n) is 1.68. The molecule has 98 valence electrons. The van der Waals surface area contributed by atoms with E-state index in [1.165, 1.54) is 25.3 Å². The van der Waals surface area contributed by atoms with Crippen molar-refractivity contribution in [2.45, 2.75) is 0 Å². The minimum Gasteiger partial charge on any atom is -0.496 e. The maximum atomic E-state index is 13.7. The molecule has 0 spiro atoms. The number of ether oxygens (including phenoxy) is 1. The molecule has 2 rings (SSSR count). The van der Waals surface area contributed by atoms with Crippen molar-refractivity contribution in [1.29, 1.82) is 0 Å². The van der Waals surface area contributed by atoms with Crippen LogP contribution in [0.1, 0.15) is 15.9 Å². The first kappa shape index (κ1) is 13.5. The molecule has 0 aromatic heterocycles. The van der Waals surface area contributed by atoms with Crippen molar-refractivity contribution < 1.29 is 18.3 Å². The molecule has 0 saturated heterocycles. The van der Waals surface area contributed by atoms with Gasteiger partial charge < -0.3 is 4.74 Å². The molecule has 0 atom stereocenters. The molecule has 0 bridgehead atoms. The van der Waals surface area contributed by atoms with Gasteiger partial charge in [-0.05, 0) is 36.4 Å². The molecule has 0 aliphatic rings. The Hall–Kier alpha value is -1.94. The Bertz CT molecular complexity index is 641. The molecule has 0 aliphatic heterocycles. The maximum absolute atomic E-state index is 13.7. The minimum atomic E-state index is -0.760. The molecule has 2 aromatic carbocycles. The summed E-state index contributed by atoms with van der Waals surface area (Å²) in [7, 11) is 1.35. The van der Waals surface area contributed by atoms with Crippen LogP contribution in [0, 0.1) is 11.6 Å². The number of carbonyl (C=O) groups is 1. The number of methoxy groups -OCH3 is 1. The molecular weight excluding hydrogens is 274 g/mol. The third-order valence-electron chi connectivity index (χ3n) is 2.58. The lowest BCUT2D eigenvalue weighted by atomic mass is 10.0. The van der Waals surface area contributed by atoms with E-state index in [0.717, 1.165) is 18.2 Å². The predicted octanol–water partition coefficient (Wildman–Crippen LogP) is 3.86. The van der Waals surface area contributed by atoms with Crippen LogP contribution >= 0.6 is 11.6 Å². The summed E-state index contributed by atoms with van der Waals surface area (Å²) in [6.07, 6.45) is 0. The van der Waals surface area contributed by atoms with Crippen LogP contribution in [-0.2, 0) is 0 Å². The molecule has 0 N–H and O–H groups in total. The van der Waals surface area contributed by atoms with Crippen molar-refractivity contribution >= 4 is 17.4 Å². The lowest BCUT2D eigenvalue weighted by Crippen LogP contribution is -2.07. The minimum absolute atomic E-state index is 0.0382. The quantitative estimate of drug-likeness (QED) is 0.799. The van der Waals surface area contributed by atoms with Gasteiger partial charge in [0.05, 0.1) is 18.2 Å². The molecule has 0 saturated carbocycles. The van der Waals surface area contributed by atoms with Crippen LogP contribution in [0.3, 0.4) is 0 Å². The SMILES string of the molecule is COc1ccc(F)cc1C(=O)c1ccc(Cl)cc1F. The van der Waals surface area contributed by atoms with Crippen LogP contribution in [0.5, 0.6) is 5.75 Å². The van der Waals surface area contributed by atoms with Gasteiger partial charge in [-0.3, -0.25) is 4.79 Å². The van der Waals surface area contributed by atoms with Crippen LogP contribution in [-0.4, -0.2) is 12.9 Å². The summed E-state index contributed by atoms with van der Waals surface area (Å²) in [4.78, 5) is 12.2. The van der Waals surface area contributed by atoms with Gasteiger partial charge in [0.1, 0.15) is 17.4 Å². The Morgan fingerprint density at radius 1 is 1.11 bits per heavy atom. The summed E-state index contributed by atoms with van der Waals surface area (Å²) in [5.74, 6) is -1.84. The van der Waals surface area contributed by atoms with E-state index in [1.54, 1.807) is 0 Å². The highest BCUT2D eigenvalue weighted by molar-refractivity contribution is 6.30. The topological polar surface area (TPSA) is 26.3 Å². The molecular formula is C14H9ClF2O2. The largest absolute Gasteiger partial charge is 0.496 e. The highest BCUT2D eigenvalue weighted by Crippen LogP contribution is 2.24. The van der Waals surface area contributed by atoms with Gasteiger partial charge in [0, 0.05) is 5.02 Å². The van der Waals surface area contributed by atoms with E-state index in [4.69, 9.17) is 16.3 Å². The number of hydrogen-bond donors (Lipinski definition) is 0. The third kappa shape index (κ3) is 2.74. The summed E-state index contributed by atoms with van der Waals surface area (Å²) in [6, 6.07) is 7.16. The number of carbonyl (C=O) groups excluding carboxylic acids is 1. The van der Waals surface area contributed by atoms with Crippen molar-refractivity contribution in [3.8, 4) is 5.75 Å². The van der Waals surface area contributed by atoms with Crippen LogP contribution < -0.4 is 4.74 Å². The molecule has 0 amide bonds. The Labute approximate surface area is 113 Å². The Kier molecular flexibility index (Phi) is 3.81. The van der Waals surface area contributed by atoms with E-state index >= 15 is 0 Å². The number of hydrogen-bond acceptors (Lipinski definition) is 2. The van der Waals surface area contributed by atoms with Gasteiger partial charge >= 0.3 is 0 Å². The van der Waals surface area contributed by atoms with Crippen molar-refractivity contribution in [1.82, 2.24) is 0 Å². The van der Waals surface area contributed by atoms with Gasteiger partial charge in [0.15, 0.2) is 5.78 Å². The van der Waals surface area contributed by atoms with E-state index in [0.29, 0.717) is 0 Å². The molecule has 0 unspecified atom stereocenters. The Morgan fingerprint density at radius 3 is 2.47 bits per heavy atom. The molecule has 0 heterocycles. The second-order valence-corrected chi connectivity index (χ2v) is 4.23. The van der Waals surface area contributed by atoms with Crippen molar-refractivity contribution in [2.75, 3.05) is 7.11 Å². The number of benzene rings is 2. The second-order valence-electron chi connectivity index (χ2n) is 3.80. The molecule has 0 aliphatic carbocycles. The van der Waals surface area contributed by atoms with Crippen molar-refractivity contribution in [3.63, 3.8) is 0 Å². The van der Waals surface area contributed by atoms with E-state index in [2.05, 4.69) is 0 Å². The molecule has 2 aromatic rings. The smallest absolute Gasteiger partial charge is 0.199 e. The van der Waals surface area contributed by atoms with Crippen molar-refractivity contribution in [2.24, 2.45) is 0 Å². The van der Waals surface area contributed by atoms with Crippen LogP contribution in [0.25, 0.3) is 0 Å². The summed E-state index contributed by atoms with van der Waals surface area (Å²) in [5, 5.41) is 0.181. The molecule has 2 nitrogen and oxygen atoms in total. The Balaban J connectivity index is 2.52. The van der Waals surface area contributed by atoms with E-state index in [1.807, 2.05) is 0 Å². The van der Waals surface area contributed by atoms with Crippen molar-refractivity contribution in [3.05, 3.63) is 64.2 Å². The zero-order chi connectivity index (χ0) is 14.0. The summed E-state index contributed by atoms with van der Waals surface area (Å²) >= 11 is 5.62. The molecule has 5 heteroatoms. The molecule has 0 radical (unpaired) electrons. The lowest BCUT2D eigenvalue weighted by Gasteiger charge is -2.08. The molecule has 19 heavy (non-hydrogen) atoms. The lowest BCUT2D eigenvalue weighted by molar-refractivity contribution is 0.103. The van der Waals surface area contributed by atoms with Crippen LogP contribution in [0.4, 0.5) is 8.78 Å². The highest BCUT2D eigenvalue weighted by Gasteiger charge is 2.18. The summed E-state index contributed by atoms with van der Waals surface area (Å²) in [5.41, 5.74) is -0.225. The predicted molar refractivity (Wildman–Crippen MR) is 67.8 cm³/mol. The zero-order valence-electron chi connectivity index (χ0n) is 9.91. The number of rotatable bonds is 3. The normalized spacial score (nSPS) is 10.3. The monoisotopic (exact) mass is 282 g/mol. The van der Waals surface area contributed by atoms with E-state index < -0.39 is 17.4 Å². The number of ketones is 1. The van der Waals surface area contributed by atoms with Crippen LogP contribution in [0.15, 0.2) is 36.4 Å². The average molecular weight is 283 g/mol. The fraction of sp³-hybridized carbons (Fsp3) is 0.0714. The highest BCUT2D eigenvalue weighted by atomic mass is 35.5. The van der Waals surface area contributed by atoms with Gasteiger partial charge in [-0.1, -0.05) is 11.6 Å². The Morgan fingerprint density at radius 2 is 1.84 bits per heavy atom. The third-order valence-corrected chi connectivity index (χ3v) is 2.82.